The highest BCUT2D eigenvalue weighted by Gasteiger charge is 2.25. The Morgan fingerprint density at radius 2 is 2.00 bits per heavy atom. The molecule has 1 aliphatic heterocycles. The highest BCUT2D eigenvalue weighted by molar-refractivity contribution is 5.74. The van der Waals surface area contributed by atoms with Crippen molar-refractivity contribution in [2.24, 2.45) is 7.05 Å². The number of aromatic amines is 1. The lowest BCUT2D eigenvalue weighted by molar-refractivity contribution is -0.655. The molecule has 0 bridgehead atoms. The molecule has 1 aromatic carbocycles. The third-order valence-corrected chi connectivity index (χ3v) is 5.39. The quantitative estimate of drug-likeness (QED) is 0.453. The first-order valence-electron chi connectivity index (χ1n) is 10.1. The Morgan fingerprint density at radius 1 is 1.27 bits per heavy atom. The number of rotatable bonds is 6. The van der Waals surface area contributed by atoms with Gasteiger partial charge in [-0.25, -0.2) is 4.79 Å². The molecule has 1 aliphatic rings. The second kappa shape index (κ2) is 8.33. The SMILES string of the molecule is Cc1ccccc1OC[C@@H](O)Cn1c(N2CC[NH2+]CC2)nc2c1c(=O)[nH]c(=O)n2C. The minimum absolute atomic E-state index is 0.0708. The average molecular weight is 415 g/mol. The fraction of sp³-hybridized carbons (Fsp3) is 0.450. The smallest absolute Gasteiger partial charge is 0.329 e. The summed E-state index contributed by atoms with van der Waals surface area (Å²) in [5.41, 5.74) is 0.535. The van der Waals surface area contributed by atoms with Crippen LogP contribution < -0.4 is 26.2 Å². The second-order valence-corrected chi connectivity index (χ2v) is 7.60. The van der Waals surface area contributed by atoms with Crippen LogP contribution in [0.25, 0.3) is 11.2 Å². The van der Waals surface area contributed by atoms with Crippen molar-refractivity contribution in [1.29, 1.82) is 0 Å². The number of aryl methyl sites for hydroxylation is 2. The number of hydrogen-bond acceptors (Lipinski definition) is 6. The maximum absolute atomic E-state index is 12.6. The van der Waals surface area contributed by atoms with Crippen LogP contribution in [-0.2, 0) is 13.6 Å². The van der Waals surface area contributed by atoms with E-state index in [0.717, 1.165) is 31.7 Å². The normalized spacial score (nSPS) is 15.5. The molecule has 0 spiro atoms. The van der Waals surface area contributed by atoms with Crippen LogP contribution in [-0.4, -0.2) is 63.1 Å². The number of nitrogens with zero attached hydrogens (tertiary/aromatic N) is 4. The first-order valence-corrected chi connectivity index (χ1v) is 10.1. The molecule has 0 radical (unpaired) electrons. The number of fused-ring (bicyclic) bond motifs is 1. The zero-order chi connectivity index (χ0) is 21.3. The molecule has 1 fully saturated rings. The first-order chi connectivity index (χ1) is 14.5. The van der Waals surface area contributed by atoms with Crippen molar-refractivity contribution in [3.63, 3.8) is 0 Å². The van der Waals surface area contributed by atoms with Crippen LogP contribution >= 0.6 is 0 Å². The molecule has 1 atom stereocenters. The van der Waals surface area contributed by atoms with Gasteiger partial charge in [-0.05, 0) is 18.6 Å². The third-order valence-electron chi connectivity index (χ3n) is 5.39. The lowest BCUT2D eigenvalue weighted by atomic mass is 10.2. The number of imidazole rings is 1. The summed E-state index contributed by atoms with van der Waals surface area (Å²) in [6.45, 7) is 5.50. The second-order valence-electron chi connectivity index (χ2n) is 7.60. The summed E-state index contributed by atoms with van der Waals surface area (Å²) in [5.74, 6) is 1.29. The number of hydrogen-bond donors (Lipinski definition) is 3. The van der Waals surface area contributed by atoms with Crippen LogP contribution in [0.3, 0.4) is 0 Å². The van der Waals surface area contributed by atoms with Gasteiger partial charge in [0.05, 0.1) is 32.7 Å². The molecule has 2 aromatic heterocycles. The first kappa shape index (κ1) is 20.2. The Labute approximate surface area is 172 Å². The molecule has 30 heavy (non-hydrogen) atoms. The zero-order valence-electron chi connectivity index (χ0n) is 17.2. The molecular weight excluding hydrogens is 388 g/mol. The van der Waals surface area contributed by atoms with Gasteiger partial charge in [0.2, 0.25) is 5.95 Å². The number of quaternary nitrogens is 1. The van der Waals surface area contributed by atoms with Gasteiger partial charge in [-0.3, -0.25) is 14.3 Å². The van der Waals surface area contributed by atoms with Crippen molar-refractivity contribution in [2.45, 2.75) is 19.6 Å². The van der Waals surface area contributed by atoms with Gasteiger partial charge in [-0.1, -0.05) is 18.2 Å². The standard InChI is InChI=1S/C20H26N6O4/c1-13-5-3-4-6-15(13)30-12-14(27)11-26-16-17(24(2)20(29)23-18(16)28)22-19(26)25-9-7-21-8-10-25/h3-6,14,21,27H,7-12H2,1-2H3,(H,23,28,29)/p+1/t14-/m0/s1. The molecule has 0 unspecified atom stereocenters. The molecule has 10 heteroatoms. The largest absolute Gasteiger partial charge is 0.491 e. The number of ether oxygens (including phenoxy) is 1. The lowest BCUT2D eigenvalue weighted by Crippen LogP contribution is -2.89. The molecule has 10 nitrogen and oxygen atoms in total. The fourth-order valence-corrected chi connectivity index (χ4v) is 3.76. The molecule has 160 valence electrons. The Kier molecular flexibility index (Phi) is 5.60. The number of nitrogens with two attached hydrogens (primary N) is 1. The van der Waals surface area contributed by atoms with E-state index in [-0.39, 0.29) is 18.7 Å². The number of para-hydroxylation sites is 1. The minimum atomic E-state index is -0.867. The van der Waals surface area contributed by atoms with Crippen molar-refractivity contribution in [2.75, 3.05) is 37.7 Å². The van der Waals surface area contributed by atoms with Gasteiger partial charge in [0.25, 0.3) is 5.56 Å². The highest BCUT2D eigenvalue weighted by Crippen LogP contribution is 2.21. The molecule has 3 heterocycles. The van der Waals surface area contributed by atoms with E-state index < -0.39 is 17.4 Å². The van der Waals surface area contributed by atoms with Crippen LogP contribution in [0, 0.1) is 6.92 Å². The molecule has 0 amide bonds. The van der Waals surface area contributed by atoms with E-state index >= 15 is 0 Å². The summed E-state index contributed by atoms with van der Waals surface area (Å²) in [7, 11) is 1.57. The van der Waals surface area contributed by atoms with Gasteiger partial charge in [-0.15, -0.1) is 0 Å². The maximum atomic E-state index is 12.6. The van der Waals surface area contributed by atoms with E-state index in [1.165, 1.54) is 4.57 Å². The summed E-state index contributed by atoms with van der Waals surface area (Å²) in [5, 5.41) is 12.9. The molecule has 0 saturated carbocycles. The predicted molar refractivity (Wildman–Crippen MR) is 112 cm³/mol. The van der Waals surface area contributed by atoms with E-state index in [2.05, 4.69) is 20.2 Å². The van der Waals surface area contributed by atoms with Crippen molar-refractivity contribution >= 4 is 17.1 Å². The van der Waals surface area contributed by atoms with Gasteiger partial charge in [0.1, 0.15) is 18.5 Å². The van der Waals surface area contributed by atoms with Gasteiger partial charge >= 0.3 is 5.69 Å². The van der Waals surface area contributed by atoms with E-state index in [1.54, 1.807) is 11.6 Å². The van der Waals surface area contributed by atoms with E-state index in [9.17, 15) is 14.7 Å². The zero-order valence-corrected chi connectivity index (χ0v) is 17.2. The summed E-state index contributed by atoms with van der Waals surface area (Å²) in [4.78, 5) is 33.7. The predicted octanol–water partition coefficient (Wildman–Crippen LogP) is -1.44. The minimum Gasteiger partial charge on any atom is -0.491 e. The number of H-pyrrole nitrogens is 1. The average Bonchev–Trinajstić information content (AvgIpc) is 3.12. The number of nitrogens with one attached hydrogen (secondary N) is 1. The van der Waals surface area contributed by atoms with Crippen LogP contribution in [0.4, 0.5) is 5.95 Å². The number of aliphatic hydroxyl groups excluding tert-OH is 1. The van der Waals surface area contributed by atoms with Crippen LogP contribution in [0.15, 0.2) is 33.9 Å². The lowest BCUT2D eigenvalue weighted by Gasteiger charge is -2.27. The van der Waals surface area contributed by atoms with Gasteiger partial charge in [0, 0.05) is 7.05 Å². The number of aromatic nitrogens is 4. The van der Waals surface area contributed by atoms with Crippen LogP contribution in [0.2, 0.25) is 0 Å². The van der Waals surface area contributed by atoms with Crippen LogP contribution in [0.1, 0.15) is 5.56 Å². The summed E-state index contributed by atoms with van der Waals surface area (Å²) in [6.07, 6.45) is -0.867. The molecular formula is C20H27N6O4+. The van der Waals surface area contributed by atoms with Crippen molar-refractivity contribution in [3.05, 3.63) is 50.7 Å². The Morgan fingerprint density at radius 3 is 2.73 bits per heavy atom. The molecule has 4 rings (SSSR count). The molecule has 4 N–H and O–H groups in total. The van der Waals surface area contributed by atoms with Gasteiger partial charge in [-0.2, -0.15) is 4.98 Å². The van der Waals surface area contributed by atoms with E-state index in [4.69, 9.17) is 4.74 Å². The number of aliphatic hydroxyl groups is 1. The Bertz CT molecular complexity index is 1160. The number of anilines is 1. The monoisotopic (exact) mass is 415 g/mol. The van der Waals surface area contributed by atoms with Crippen molar-refractivity contribution < 1.29 is 15.2 Å². The van der Waals surface area contributed by atoms with Crippen molar-refractivity contribution in [1.82, 2.24) is 19.1 Å². The fourth-order valence-electron chi connectivity index (χ4n) is 3.76. The Balaban J connectivity index is 1.67. The van der Waals surface area contributed by atoms with Crippen molar-refractivity contribution in [3.8, 4) is 5.75 Å². The third kappa shape index (κ3) is 3.83. The summed E-state index contributed by atoms with van der Waals surface area (Å²) < 4.78 is 8.80. The van der Waals surface area contributed by atoms with Crippen LogP contribution in [0.5, 0.6) is 5.75 Å². The number of benzene rings is 1. The number of piperazine rings is 1. The molecule has 0 aliphatic carbocycles. The maximum Gasteiger partial charge on any atom is 0.329 e. The van der Waals surface area contributed by atoms with E-state index in [0.29, 0.717) is 17.3 Å². The molecule has 3 aromatic rings. The van der Waals surface area contributed by atoms with Gasteiger partial charge < -0.3 is 24.6 Å². The summed E-state index contributed by atoms with van der Waals surface area (Å²) in [6, 6.07) is 7.60. The Hall–Kier alpha value is -3.11. The topological polar surface area (TPSA) is 122 Å². The summed E-state index contributed by atoms with van der Waals surface area (Å²) >= 11 is 0. The van der Waals surface area contributed by atoms with E-state index in [1.807, 2.05) is 31.2 Å². The van der Waals surface area contributed by atoms with Gasteiger partial charge in [0.15, 0.2) is 11.2 Å². The molecule has 1 saturated heterocycles. The highest BCUT2D eigenvalue weighted by atomic mass is 16.5.